The molecular weight excluding hydrogens is 424 g/mol. The van der Waals surface area contributed by atoms with Crippen LogP contribution in [0, 0.1) is 6.92 Å². The molecule has 0 bridgehead atoms. The van der Waals surface area contributed by atoms with Gasteiger partial charge in [0.05, 0.1) is 13.7 Å². The van der Waals surface area contributed by atoms with E-state index in [0.717, 1.165) is 10.5 Å². The summed E-state index contributed by atoms with van der Waals surface area (Å²) < 4.78 is 15.8. The molecule has 0 saturated carbocycles. The third-order valence-electron chi connectivity index (χ3n) is 5.02. The van der Waals surface area contributed by atoms with Gasteiger partial charge in [-0.25, -0.2) is 9.59 Å². The number of carbonyl (C=O) groups excluding carboxylic acids is 3. The van der Waals surface area contributed by atoms with E-state index < -0.39 is 17.9 Å². The van der Waals surface area contributed by atoms with Crippen molar-refractivity contribution in [2.24, 2.45) is 0 Å². The van der Waals surface area contributed by atoms with Gasteiger partial charge in [0.1, 0.15) is 23.8 Å². The Kier molecular flexibility index (Phi) is 6.26. The van der Waals surface area contributed by atoms with E-state index >= 15 is 0 Å². The molecule has 4 rings (SSSR count). The lowest BCUT2D eigenvalue weighted by molar-refractivity contribution is -0.123. The average Bonchev–Trinajstić information content (AvgIpc) is 3.39. The second-order valence-electron chi connectivity index (χ2n) is 7.48. The summed E-state index contributed by atoms with van der Waals surface area (Å²) >= 11 is 0. The molecule has 0 unspecified atom stereocenters. The Morgan fingerprint density at radius 1 is 1.09 bits per heavy atom. The summed E-state index contributed by atoms with van der Waals surface area (Å²) in [5.41, 5.74) is 3.07. The molecule has 1 aromatic heterocycles. The molecule has 1 aliphatic rings. The second-order valence-corrected chi connectivity index (χ2v) is 7.48. The van der Waals surface area contributed by atoms with Crippen molar-refractivity contribution < 1.29 is 28.3 Å². The average molecular weight is 446 g/mol. The van der Waals surface area contributed by atoms with Gasteiger partial charge in [-0.2, -0.15) is 0 Å². The highest BCUT2D eigenvalue weighted by Gasteiger charge is 2.34. The standard InChI is InChI=1S/C25H22N2O6/c1-16-6-8-17(9-7-16)15-32-19-5-3-4-18(12-19)13-21-23(28)27(25(30)26-21)14-20-10-11-22(33-20)24(29)31-2/h3-13H,14-15H2,1-2H3,(H,26,30)/b21-13-. The van der Waals surface area contributed by atoms with Gasteiger partial charge in [-0.05, 0) is 48.4 Å². The van der Waals surface area contributed by atoms with Gasteiger partial charge in [-0.15, -0.1) is 0 Å². The Morgan fingerprint density at radius 3 is 2.64 bits per heavy atom. The topological polar surface area (TPSA) is 98.1 Å². The molecule has 1 aliphatic heterocycles. The number of nitrogens with one attached hydrogen (secondary N) is 1. The molecule has 1 saturated heterocycles. The maximum absolute atomic E-state index is 12.8. The Balaban J connectivity index is 1.43. The first-order chi connectivity index (χ1) is 15.9. The van der Waals surface area contributed by atoms with Gasteiger partial charge in [-0.1, -0.05) is 42.0 Å². The largest absolute Gasteiger partial charge is 0.489 e. The van der Waals surface area contributed by atoms with Crippen LogP contribution in [0.15, 0.2) is 70.8 Å². The highest BCUT2D eigenvalue weighted by atomic mass is 16.5. The minimum Gasteiger partial charge on any atom is -0.489 e. The van der Waals surface area contributed by atoms with Crippen LogP contribution in [0.25, 0.3) is 6.08 Å². The first-order valence-corrected chi connectivity index (χ1v) is 10.2. The number of aryl methyl sites for hydroxylation is 1. The van der Waals surface area contributed by atoms with Gasteiger partial charge >= 0.3 is 12.0 Å². The number of carbonyl (C=O) groups is 3. The summed E-state index contributed by atoms with van der Waals surface area (Å²) in [6.45, 7) is 2.33. The van der Waals surface area contributed by atoms with Crippen LogP contribution in [0.4, 0.5) is 4.79 Å². The van der Waals surface area contributed by atoms with Crippen LogP contribution in [0.2, 0.25) is 0 Å². The normalized spacial score (nSPS) is 14.5. The van der Waals surface area contributed by atoms with Crippen LogP contribution >= 0.6 is 0 Å². The number of nitrogens with zero attached hydrogens (tertiary/aromatic N) is 1. The van der Waals surface area contributed by atoms with E-state index in [0.29, 0.717) is 17.9 Å². The van der Waals surface area contributed by atoms with E-state index in [4.69, 9.17) is 9.15 Å². The molecule has 0 radical (unpaired) electrons. The lowest BCUT2D eigenvalue weighted by Gasteiger charge is -2.09. The summed E-state index contributed by atoms with van der Waals surface area (Å²) in [4.78, 5) is 37.6. The fourth-order valence-corrected chi connectivity index (χ4v) is 3.26. The van der Waals surface area contributed by atoms with Crippen LogP contribution in [-0.2, 0) is 22.7 Å². The first kappa shape index (κ1) is 21.9. The number of esters is 1. The molecular formula is C25H22N2O6. The monoisotopic (exact) mass is 446 g/mol. The van der Waals surface area contributed by atoms with Gasteiger partial charge < -0.3 is 19.2 Å². The van der Waals surface area contributed by atoms with Crippen molar-refractivity contribution in [2.45, 2.75) is 20.1 Å². The lowest BCUT2D eigenvalue weighted by Crippen LogP contribution is -2.30. The van der Waals surface area contributed by atoms with Crippen molar-refractivity contribution >= 4 is 24.0 Å². The smallest absolute Gasteiger partial charge is 0.373 e. The van der Waals surface area contributed by atoms with E-state index in [-0.39, 0.29) is 23.8 Å². The molecule has 1 N–H and O–H groups in total. The molecule has 3 aromatic rings. The van der Waals surface area contributed by atoms with E-state index in [1.165, 1.54) is 24.8 Å². The fourth-order valence-electron chi connectivity index (χ4n) is 3.26. The zero-order valence-electron chi connectivity index (χ0n) is 18.2. The number of amides is 3. The van der Waals surface area contributed by atoms with Crippen molar-refractivity contribution in [1.29, 1.82) is 0 Å². The fraction of sp³-hybridized carbons (Fsp3) is 0.160. The van der Waals surface area contributed by atoms with Crippen molar-refractivity contribution in [3.8, 4) is 5.75 Å². The molecule has 0 spiro atoms. The molecule has 3 amide bonds. The number of furan rings is 1. The van der Waals surface area contributed by atoms with Crippen LogP contribution in [-0.4, -0.2) is 29.9 Å². The molecule has 2 aromatic carbocycles. The number of hydrogen-bond donors (Lipinski definition) is 1. The quantitative estimate of drug-likeness (QED) is 0.334. The Hall–Kier alpha value is -4.33. The molecule has 2 heterocycles. The molecule has 0 aliphatic carbocycles. The molecule has 33 heavy (non-hydrogen) atoms. The summed E-state index contributed by atoms with van der Waals surface area (Å²) in [5, 5.41) is 2.57. The second kappa shape index (κ2) is 9.44. The number of benzene rings is 2. The van der Waals surface area contributed by atoms with E-state index in [9.17, 15) is 14.4 Å². The molecule has 1 fully saturated rings. The number of ether oxygens (including phenoxy) is 2. The SMILES string of the molecule is COC(=O)c1ccc(CN2C(=O)N/C(=C\c3cccc(OCc4ccc(C)cc4)c3)C2=O)o1. The Morgan fingerprint density at radius 2 is 1.88 bits per heavy atom. The minimum absolute atomic E-state index is 0.00206. The first-order valence-electron chi connectivity index (χ1n) is 10.2. The maximum atomic E-state index is 12.8. The van der Waals surface area contributed by atoms with Crippen molar-refractivity contribution in [3.63, 3.8) is 0 Å². The van der Waals surface area contributed by atoms with Gasteiger partial charge in [-0.3, -0.25) is 9.69 Å². The zero-order valence-corrected chi connectivity index (χ0v) is 18.2. The van der Waals surface area contributed by atoms with E-state index in [2.05, 4.69) is 10.1 Å². The minimum atomic E-state index is -0.636. The Labute approximate surface area is 190 Å². The number of imide groups is 1. The van der Waals surface area contributed by atoms with E-state index in [1.54, 1.807) is 12.1 Å². The number of urea groups is 1. The number of rotatable bonds is 7. The van der Waals surface area contributed by atoms with Gasteiger partial charge in [0.25, 0.3) is 5.91 Å². The van der Waals surface area contributed by atoms with E-state index in [1.807, 2.05) is 49.4 Å². The van der Waals surface area contributed by atoms with Crippen LogP contribution in [0.5, 0.6) is 5.75 Å². The molecule has 168 valence electrons. The van der Waals surface area contributed by atoms with Gasteiger partial charge in [0, 0.05) is 0 Å². The van der Waals surface area contributed by atoms with Crippen molar-refractivity contribution in [2.75, 3.05) is 7.11 Å². The highest BCUT2D eigenvalue weighted by Crippen LogP contribution is 2.21. The summed E-state index contributed by atoms with van der Waals surface area (Å²) in [5.74, 6) is -0.209. The van der Waals surface area contributed by atoms with Crippen LogP contribution in [0.3, 0.4) is 0 Å². The molecule has 0 atom stereocenters. The lowest BCUT2D eigenvalue weighted by atomic mass is 10.1. The molecule has 8 nitrogen and oxygen atoms in total. The predicted molar refractivity (Wildman–Crippen MR) is 119 cm³/mol. The van der Waals surface area contributed by atoms with Crippen molar-refractivity contribution in [3.05, 3.63) is 94.6 Å². The number of hydrogen-bond acceptors (Lipinski definition) is 6. The zero-order chi connectivity index (χ0) is 23.4. The summed E-state index contributed by atoms with van der Waals surface area (Å²) in [7, 11) is 1.24. The summed E-state index contributed by atoms with van der Waals surface area (Å²) in [6, 6.07) is 17.7. The Bertz CT molecular complexity index is 1230. The van der Waals surface area contributed by atoms with Crippen LogP contribution in [0.1, 0.15) is 33.0 Å². The predicted octanol–water partition coefficient (Wildman–Crippen LogP) is 4.05. The van der Waals surface area contributed by atoms with Gasteiger partial charge in [0.15, 0.2) is 0 Å². The van der Waals surface area contributed by atoms with Gasteiger partial charge in [0.2, 0.25) is 5.76 Å². The highest BCUT2D eigenvalue weighted by molar-refractivity contribution is 6.13. The maximum Gasteiger partial charge on any atom is 0.373 e. The third kappa shape index (κ3) is 5.12. The number of methoxy groups -OCH3 is 1. The summed E-state index contributed by atoms with van der Waals surface area (Å²) in [6.07, 6.45) is 1.58. The van der Waals surface area contributed by atoms with Crippen molar-refractivity contribution in [1.82, 2.24) is 10.2 Å². The van der Waals surface area contributed by atoms with Crippen LogP contribution < -0.4 is 10.1 Å². The molecule has 8 heteroatoms. The third-order valence-corrected chi connectivity index (χ3v) is 5.02.